The van der Waals surface area contributed by atoms with Crippen molar-refractivity contribution in [2.45, 2.75) is 32.9 Å². The minimum atomic E-state index is 0.144. The van der Waals surface area contributed by atoms with Gasteiger partial charge in [0.05, 0.1) is 6.61 Å². The fourth-order valence-corrected chi connectivity index (χ4v) is 2.07. The van der Waals surface area contributed by atoms with Gasteiger partial charge in [-0.3, -0.25) is 0 Å². The summed E-state index contributed by atoms with van der Waals surface area (Å²) >= 11 is 0. The van der Waals surface area contributed by atoms with E-state index in [2.05, 4.69) is 41.3 Å². The molecular weight excluding hydrogens is 278 g/mol. The zero-order valence-electron chi connectivity index (χ0n) is 13.4. The van der Waals surface area contributed by atoms with Crippen LogP contribution >= 0.6 is 0 Å². The minimum Gasteiger partial charge on any atom is -0.478 e. The molecule has 0 amide bonds. The Morgan fingerprint density at radius 1 is 1.18 bits per heavy atom. The van der Waals surface area contributed by atoms with Crippen LogP contribution in [-0.4, -0.2) is 23.7 Å². The molecule has 1 aromatic carbocycles. The van der Waals surface area contributed by atoms with E-state index in [1.807, 2.05) is 24.3 Å². The lowest BCUT2D eigenvalue weighted by Crippen LogP contribution is -2.11. The fraction of sp³-hybridized carbons (Fsp3) is 0.412. The molecule has 0 radical (unpaired) electrons. The molecule has 2 rings (SSSR count). The average molecular weight is 301 g/mol. The molecule has 22 heavy (non-hydrogen) atoms. The van der Waals surface area contributed by atoms with Crippen molar-refractivity contribution in [2.24, 2.45) is 0 Å². The van der Waals surface area contributed by atoms with E-state index in [1.165, 1.54) is 5.56 Å². The molecule has 1 N–H and O–H groups in total. The molecule has 5 heteroatoms. The molecule has 0 saturated heterocycles. The first-order chi connectivity index (χ1) is 10.7. The smallest absolute Gasteiger partial charge is 0.218 e. The van der Waals surface area contributed by atoms with E-state index in [1.54, 1.807) is 7.11 Å². The van der Waals surface area contributed by atoms with Crippen molar-refractivity contribution in [2.75, 3.05) is 19.0 Å². The second-order valence-electron chi connectivity index (χ2n) is 5.07. The third kappa shape index (κ3) is 4.70. The molecule has 0 aliphatic carbocycles. The zero-order chi connectivity index (χ0) is 15.8. The van der Waals surface area contributed by atoms with E-state index < -0.39 is 0 Å². The Morgan fingerprint density at radius 2 is 1.95 bits per heavy atom. The highest BCUT2D eigenvalue weighted by atomic mass is 16.5. The van der Waals surface area contributed by atoms with Crippen LogP contribution < -0.4 is 10.1 Å². The number of hydrogen-bond acceptors (Lipinski definition) is 5. The maximum Gasteiger partial charge on any atom is 0.218 e. The monoisotopic (exact) mass is 301 g/mol. The Kier molecular flexibility index (Phi) is 6.15. The maximum absolute atomic E-state index is 5.62. The van der Waals surface area contributed by atoms with Crippen LogP contribution in [0.5, 0.6) is 5.88 Å². The molecule has 1 aromatic heterocycles. The molecular formula is C17H23N3O2. The van der Waals surface area contributed by atoms with E-state index >= 15 is 0 Å². The first kappa shape index (κ1) is 16.2. The normalized spacial score (nSPS) is 12.0. The summed E-state index contributed by atoms with van der Waals surface area (Å²) in [7, 11) is 1.63. The first-order valence-corrected chi connectivity index (χ1v) is 7.54. The van der Waals surface area contributed by atoms with Crippen LogP contribution in [0.2, 0.25) is 0 Å². The topological polar surface area (TPSA) is 56.3 Å². The van der Waals surface area contributed by atoms with Gasteiger partial charge in [-0.2, -0.15) is 4.98 Å². The molecule has 0 bridgehead atoms. The zero-order valence-corrected chi connectivity index (χ0v) is 13.4. The predicted molar refractivity (Wildman–Crippen MR) is 87.0 cm³/mol. The Bertz CT molecular complexity index is 575. The lowest BCUT2D eigenvalue weighted by Gasteiger charge is -2.16. The van der Waals surface area contributed by atoms with Gasteiger partial charge in [0.25, 0.3) is 0 Å². The molecule has 1 atom stereocenters. The molecule has 1 heterocycles. The second kappa shape index (κ2) is 8.34. The van der Waals surface area contributed by atoms with Crippen molar-refractivity contribution >= 4 is 5.82 Å². The largest absolute Gasteiger partial charge is 0.478 e. The molecule has 0 saturated carbocycles. The average Bonchev–Trinajstić information content (AvgIpc) is 2.54. The van der Waals surface area contributed by atoms with Gasteiger partial charge in [0.15, 0.2) is 5.82 Å². The summed E-state index contributed by atoms with van der Waals surface area (Å²) in [5.41, 5.74) is 1.20. The number of nitrogens with zero attached hydrogens (tertiary/aromatic N) is 2. The van der Waals surface area contributed by atoms with Crippen LogP contribution in [0.25, 0.3) is 0 Å². The summed E-state index contributed by atoms with van der Waals surface area (Å²) in [5, 5.41) is 3.39. The molecule has 118 valence electrons. The number of methoxy groups -OCH3 is 1. The van der Waals surface area contributed by atoms with Crippen LogP contribution in [0, 0.1) is 0 Å². The number of anilines is 1. The van der Waals surface area contributed by atoms with E-state index in [0.29, 0.717) is 24.9 Å². The van der Waals surface area contributed by atoms with Gasteiger partial charge in [-0.05, 0) is 18.9 Å². The highest BCUT2D eigenvalue weighted by Gasteiger charge is 2.09. The van der Waals surface area contributed by atoms with Crippen LogP contribution in [0.1, 0.15) is 37.7 Å². The van der Waals surface area contributed by atoms with Gasteiger partial charge in [0.2, 0.25) is 5.88 Å². The van der Waals surface area contributed by atoms with Crippen molar-refractivity contribution in [1.82, 2.24) is 9.97 Å². The number of hydrogen-bond donors (Lipinski definition) is 1. The lowest BCUT2D eigenvalue weighted by atomic mass is 10.1. The summed E-state index contributed by atoms with van der Waals surface area (Å²) in [6.45, 7) is 5.16. The van der Waals surface area contributed by atoms with E-state index in [9.17, 15) is 0 Å². The highest BCUT2D eigenvalue weighted by Crippen LogP contribution is 2.20. The molecule has 0 spiro atoms. The third-order valence-electron chi connectivity index (χ3n) is 3.14. The van der Waals surface area contributed by atoms with Gasteiger partial charge in [-0.1, -0.05) is 37.3 Å². The predicted octanol–water partition coefficient (Wildman–Crippen LogP) is 3.58. The molecule has 0 aliphatic rings. The van der Waals surface area contributed by atoms with Gasteiger partial charge < -0.3 is 14.8 Å². The quantitative estimate of drug-likeness (QED) is 0.807. The van der Waals surface area contributed by atoms with Crippen LogP contribution in [0.3, 0.4) is 0 Å². The summed E-state index contributed by atoms with van der Waals surface area (Å²) in [6.07, 6.45) is 0.937. The Morgan fingerprint density at radius 3 is 2.64 bits per heavy atom. The van der Waals surface area contributed by atoms with Gasteiger partial charge in [-0.15, -0.1) is 0 Å². The fourth-order valence-electron chi connectivity index (χ4n) is 2.07. The van der Waals surface area contributed by atoms with E-state index in [0.717, 1.165) is 12.2 Å². The highest BCUT2D eigenvalue weighted by molar-refractivity contribution is 5.41. The maximum atomic E-state index is 5.62. The molecule has 0 fully saturated rings. The molecule has 2 aromatic rings. The van der Waals surface area contributed by atoms with E-state index in [-0.39, 0.29) is 6.04 Å². The molecule has 5 nitrogen and oxygen atoms in total. The summed E-state index contributed by atoms with van der Waals surface area (Å²) in [5.74, 6) is 1.93. The van der Waals surface area contributed by atoms with Crippen molar-refractivity contribution in [3.63, 3.8) is 0 Å². The summed E-state index contributed by atoms with van der Waals surface area (Å²) < 4.78 is 10.7. The van der Waals surface area contributed by atoms with Gasteiger partial charge in [0.1, 0.15) is 12.4 Å². The Balaban J connectivity index is 2.15. The van der Waals surface area contributed by atoms with Crippen LogP contribution in [0.15, 0.2) is 36.4 Å². The second-order valence-corrected chi connectivity index (χ2v) is 5.07. The van der Waals surface area contributed by atoms with Crippen LogP contribution in [-0.2, 0) is 11.3 Å². The van der Waals surface area contributed by atoms with Crippen molar-refractivity contribution in [3.05, 3.63) is 47.8 Å². The number of benzene rings is 1. The van der Waals surface area contributed by atoms with Crippen molar-refractivity contribution < 1.29 is 9.47 Å². The van der Waals surface area contributed by atoms with Crippen molar-refractivity contribution in [3.8, 4) is 5.88 Å². The SMILES string of the molecule is CCCOc1cc(NC(C)c2ccccc2)nc(COC)n1. The van der Waals surface area contributed by atoms with Gasteiger partial charge in [0, 0.05) is 19.2 Å². The Hall–Kier alpha value is -2.14. The van der Waals surface area contributed by atoms with Crippen molar-refractivity contribution in [1.29, 1.82) is 0 Å². The lowest BCUT2D eigenvalue weighted by molar-refractivity contribution is 0.176. The molecule has 0 aliphatic heterocycles. The number of aromatic nitrogens is 2. The molecule has 1 unspecified atom stereocenters. The first-order valence-electron chi connectivity index (χ1n) is 7.54. The summed E-state index contributed by atoms with van der Waals surface area (Å²) in [4.78, 5) is 8.81. The third-order valence-corrected chi connectivity index (χ3v) is 3.14. The standard InChI is InChI=1S/C17H23N3O2/c1-4-10-22-17-11-15(19-16(20-17)12-21-3)18-13(2)14-8-6-5-7-9-14/h5-9,11,13H,4,10,12H2,1-3H3,(H,18,19,20). The summed E-state index contributed by atoms with van der Waals surface area (Å²) in [6, 6.07) is 12.2. The minimum absolute atomic E-state index is 0.144. The van der Waals surface area contributed by atoms with Crippen LogP contribution in [0.4, 0.5) is 5.82 Å². The number of nitrogens with one attached hydrogen (secondary N) is 1. The number of ether oxygens (including phenoxy) is 2. The van der Waals surface area contributed by atoms with Gasteiger partial charge in [-0.25, -0.2) is 4.98 Å². The van der Waals surface area contributed by atoms with Gasteiger partial charge >= 0.3 is 0 Å². The van der Waals surface area contributed by atoms with E-state index in [4.69, 9.17) is 9.47 Å². The number of rotatable bonds is 8. The Labute approximate surface area is 131 Å².